The van der Waals surface area contributed by atoms with Crippen molar-refractivity contribution in [1.29, 1.82) is 0 Å². The molecule has 1 aromatic rings. The molecule has 0 aromatic carbocycles. The van der Waals surface area contributed by atoms with Gasteiger partial charge in [0, 0.05) is 31.4 Å². The number of nitrogens with zero attached hydrogens (tertiary/aromatic N) is 3. The first-order valence-electron chi connectivity index (χ1n) is 6.95. The Morgan fingerprint density at radius 2 is 2.32 bits per heavy atom. The molecule has 2 aliphatic rings. The number of piperazine rings is 1. The van der Waals surface area contributed by atoms with Crippen LogP contribution in [0.5, 0.6) is 0 Å². The fourth-order valence-electron chi connectivity index (χ4n) is 3.25. The zero-order valence-corrected chi connectivity index (χ0v) is 12.0. The summed E-state index contributed by atoms with van der Waals surface area (Å²) >= 11 is 6.32. The lowest BCUT2D eigenvalue weighted by atomic mass is 10.1. The third kappa shape index (κ3) is 2.45. The van der Waals surface area contributed by atoms with E-state index >= 15 is 0 Å². The van der Waals surface area contributed by atoms with Crippen LogP contribution in [-0.4, -0.2) is 46.7 Å². The molecule has 0 aliphatic carbocycles. The minimum Gasteiger partial charge on any atom is -0.392 e. The monoisotopic (exact) mass is 281 g/mol. The predicted molar refractivity (Wildman–Crippen MR) is 76.6 cm³/mol. The standard InChI is InChI=1S/C14H20ClN3O/c1-10-7-17-4-2-3-12(17)8-18(10)14-13(15)5-11(9-19)6-16-14/h5-6,10,12,19H,2-4,7-9H2,1H3. The van der Waals surface area contributed by atoms with Gasteiger partial charge in [-0.05, 0) is 37.9 Å². The maximum absolute atomic E-state index is 9.12. The number of hydrogen-bond donors (Lipinski definition) is 1. The number of anilines is 1. The van der Waals surface area contributed by atoms with Crippen LogP contribution in [0.2, 0.25) is 5.02 Å². The highest BCUT2D eigenvalue weighted by Gasteiger charge is 2.35. The number of pyridine rings is 1. The van der Waals surface area contributed by atoms with Gasteiger partial charge in [-0.2, -0.15) is 0 Å². The largest absolute Gasteiger partial charge is 0.392 e. The first kappa shape index (κ1) is 13.2. The van der Waals surface area contributed by atoms with Gasteiger partial charge in [0.2, 0.25) is 0 Å². The number of fused-ring (bicyclic) bond motifs is 1. The van der Waals surface area contributed by atoms with Crippen molar-refractivity contribution in [2.45, 2.75) is 38.5 Å². The molecular formula is C14H20ClN3O. The summed E-state index contributed by atoms with van der Waals surface area (Å²) in [5.74, 6) is 0.859. The molecule has 3 rings (SSSR count). The van der Waals surface area contributed by atoms with Gasteiger partial charge in [-0.3, -0.25) is 4.90 Å². The van der Waals surface area contributed by atoms with E-state index in [9.17, 15) is 0 Å². The number of aliphatic hydroxyl groups excluding tert-OH is 1. The van der Waals surface area contributed by atoms with Crippen molar-refractivity contribution in [1.82, 2.24) is 9.88 Å². The van der Waals surface area contributed by atoms with Crippen molar-refractivity contribution < 1.29 is 5.11 Å². The molecule has 0 saturated carbocycles. The Bertz CT molecular complexity index is 468. The van der Waals surface area contributed by atoms with E-state index in [0.29, 0.717) is 17.1 Å². The molecule has 4 nitrogen and oxygen atoms in total. The van der Waals surface area contributed by atoms with Gasteiger partial charge in [0.25, 0.3) is 0 Å². The van der Waals surface area contributed by atoms with Crippen molar-refractivity contribution in [2.75, 3.05) is 24.5 Å². The van der Waals surface area contributed by atoms with Gasteiger partial charge < -0.3 is 10.0 Å². The van der Waals surface area contributed by atoms with Gasteiger partial charge >= 0.3 is 0 Å². The third-order valence-corrected chi connectivity index (χ3v) is 4.55. The van der Waals surface area contributed by atoms with E-state index in [0.717, 1.165) is 24.5 Å². The maximum atomic E-state index is 9.12. The lowest BCUT2D eigenvalue weighted by Crippen LogP contribution is -2.55. The zero-order valence-electron chi connectivity index (χ0n) is 11.2. The van der Waals surface area contributed by atoms with Crippen LogP contribution in [0.4, 0.5) is 5.82 Å². The summed E-state index contributed by atoms with van der Waals surface area (Å²) in [4.78, 5) is 9.35. The number of aliphatic hydroxyl groups is 1. The van der Waals surface area contributed by atoms with Gasteiger partial charge in [-0.1, -0.05) is 11.6 Å². The highest BCUT2D eigenvalue weighted by molar-refractivity contribution is 6.33. The highest BCUT2D eigenvalue weighted by atomic mass is 35.5. The SMILES string of the molecule is CC1CN2CCCC2CN1c1ncc(CO)cc1Cl. The van der Waals surface area contributed by atoms with Crippen LogP contribution in [0.25, 0.3) is 0 Å². The Morgan fingerprint density at radius 1 is 1.47 bits per heavy atom. The topological polar surface area (TPSA) is 39.6 Å². The van der Waals surface area contributed by atoms with Gasteiger partial charge in [-0.15, -0.1) is 0 Å². The quantitative estimate of drug-likeness (QED) is 0.899. The van der Waals surface area contributed by atoms with Crippen LogP contribution >= 0.6 is 11.6 Å². The molecule has 2 atom stereocenters. The molecule has 0 spiro atoms. The fraction of sp³-hybridized carbons (Fsp3) is 0.643. The Morgan fingerprint density at radius 3 is 3.05 bits per heavy atom. The van der Waals surface area contributed by atoms with E-state index in [-0.39, 0.29) is 6.61 Å². The molecule has 5 heteroatoms. The molecule has 1 N–H and O–H groups in total. The van der Waals surface area contributed by atoms with Gasteiger partial charge in [-0.25, -0.2) is 4.98 Å². The summed E-state index contributed by atoms with van der Waals surface area (Å²) < 4.78 is 0. The van der Waals surface area contributed by atoms with Crippen molar-refractivity contribution in [2.24, 2.45) is 0 Å². The highest BCUT2D eigenvalue weighted by Crippen LogP contribution is 2.31. The Labute approximate surface area is 119 Å². The molecule has 2 fully saturated rings. The van der Waals surface area contributed by atoms with E-state index in [1.165, 1.54) is 19.4 Å². The minimum atomic E-state index is -0.0149. The van der Waals surface area contributed by atoms with Crippen LogP contribution < -0.4 is 4.90 Å². The molecule has 2 aliphatic heterocycles. The molecule has 104 valence electrons. The van der Waals surface area contributed by atoms with E-state index in [2.05, 4.69) is 21.7 Å². The van der Waals surface area contributed by atoms with Gasteiger partial charge in [0.05, 0.1) is 11.6 Å². The first-order chi connectivity index (χ1) is 9.19. The Balaban J connectivity index is 1.84. The number of hydrogen-bond acceptors (Lipinski definition) is 4. The number of rotatable bonds is 2. The third-order valence-electron chi connectivity index (χ3n) is 4.27. The minimum absolute atomic E-state index is 0.0149. The second-order valence-electron chi connectivity index (χ2n) is 5.60. The first-order valence-corrected chi connectivity index (χ1v) is 7.33. The average Bonchev–Trinajstić information content (AvgIpc) is 2.85. The number of halogens is 1. The van der Waals surface area contributed by atoms with E-state index in [1.807, 2.05) is 6.07 Å². The van der Waals surface area contributed by atoms with Crippen molar-refractivity contribution in [3.63, 3.8) is 0 Å². The molecule has 2 unspecified atom stereocenters. The summed E-state index contributed by atoms with van der Waals surface area (Å²) in [6.45, 7) is 5.54. The molecule has 0 radical (unpaired) electrons. The molecule has 0 bridgehead atoms. The summed E-state index contributed by atoms with van der Waals surface area (Å²) in [5.41, 5.74) is 0.765. The van der Waals surface area contributed by atoms with E-state index < -0.39 is 0 Å². The summed E-state index contributed by atoms with van der Waals surface area (Å²) in [7, 11) is 0. The average molecular weight is 282 g/mol. The van der Waals surface area contributed by atoms with Crippen LogP contribution in [-0.2, 0) is 6.61 Å². The molecule has 0 amide bonds. The van der Waals surface area contributed by atoms with E-state index in [4.69, 9.17) is 16.7 Å². The predicted octanol–water partition coefficient (Wildman–Crippen LogP) is 1.90. The lowest BCUT2D eigenvalue weighted by Gasteiger charge is -2.43. The van der Waals surface area contributed by atoms with Crippen molar-refractivity contribution >= 4 is 17.4 Å². The normalized spacial score (nSPS) is 27.6. The molecule has 1 aromatic heterocycles. The van der Waals surface area contributed by atoms with Crippen LogP contribution in [0.1, 0.15) is 25.3 Å². The van der Waals surface area contributed by atoms with Crippen molar-refractivity contribution in [3.8, 4) is 0 Å². The second kappa shape index (κ2) is 5.27. The summed E-state index contributed by atoms with van der Waals surface area (Å²) in [6.07, 6.45) is 4.29. The van der Waals surface area contributed by atoms with Gasteiger partial charge in [0.15, 0.2) is 0 Å². The molecule has 19 heavy (non-hydrogen) atoms. The smallest absolute Gasteiger partial charge is 0.147 e. The molecular weight excluding hydrogens is 262 g/mol. The van der Waals surface area contributed by atoms with Crippen LogP contribution in [0, 0.1) is 0 Å². The molecule has 3 heterocycles. The molecule has 2 saturated heterocycles. The van der Waals surface area contributed by atoms with Crippen LogP contribution in [0.3, 0.4) is 0 Å². The zero-order chi connectivity index (χ0) is 13.4. The summed E-state index contributed by atoms with van der Waals surface area (Å²) in [6, 6.07) is 2.89. The van der Waals surface area contributed by atoms with Crippen LogP contribution in [0.15, 0.2) is 12.3 Å². The van der Waals surface area contributed by atoms with Gasteiger partial charge in [0.1, 0.15) is 5.82 Å². The number of aromatic nitrogens is 1. The Hall–Kier alpha value is -0.840. The van der Waals surface area contributed by atoms with E-state index in [1.54, 1.807) is 6.20 Å². The fourth-order valence-corrected chi connectivity index (χ4v) is 3.55. The maximum Gasteiger partial charge on any atom is 0.147 e. The summed E-state index contributed by atoms with van der Waals surface area (Å²) in [5, 5.41) is 9.76. The lowest BCUT2D eigenvalue weighted by molar-refractivity contribution is 0.202. The van der Waals surface area contributed by atoms with Crippen molar-refractivity contribution in [3.05, 3.63) is 22.8 Å². The Kier molecular flexibility index (Phi) is 3.65. The second-order valence-corrected chi connectivity index (χ2v) is 6.01.